The fourth-order valence-corrected chi connectivity index (χ4v) is 2.00. The van der Waals surface area contributed by atoms with E-state index in [9.17, 15) is 13.6 Å². The van der Waals surface area contributed by atoms with Crippen molar-refractivity contribution in [3.8, 4) is 5.69 Å². The highest BCUT2D eigenvalue weighted by Gasteiger charge is 2.15. The first-order valence-electron chi connectivity index (χ1n) is 6.25. The Morgan fingerprint density at radius 3 is 2.29 bits per heavy atom. The first-order chi connectivity index (χ1) is 10.1. The molecule has 0 bridgehead atoms. The van der Waals surface area contributed by atoms with E-state index < -0.39 is 17.4 Å². The number of ketones is 1. The van der Waals surface area contributed by atoms with Gasteiger partial charge in [-0.25, -0.2) is 13.5 Å². The van der Waals surface area contributed by atoms with Crippen molar-refractivity contribution in [3.05, 3.63) is 83.7 Å². The molecule has 0 atom stereocenters. The summed E-state index contributed by atoms with van der Waals surface area (Å²) in [6, 6.07) is 13.5. The van der Waals surface area contributed by atoms with E-state index in [0.29, 0.717) is 0 Å². The van der Waals surface area contributed by atoms with Gasteiger partial charge >= 0.3 is 0 Å². The quantitative estimate of drug-likeness (QED) is 0.691. The Balaban J connectivity index is 1.94. The average Bonchev–Trinajstić information content (AvgIpc) is 2.96. The number of carbonyl (C=O) groups excluding carboxylic acids is 1. The molecule has 3 rings (SSSR count). The molecule has 0 saturated heterocycles. The molecule has 1 heterocycles. The van der Waals surface area contributed by atoms with Gasteiger partial charge in [0, 0.05) is 17.8 Å². The summed E-state index contributed by atoms with van der Waals surface area (Å²) in [6.07, 6.45) is 1.62. The normalized spacial score (nSPS) is 10.6. The molecule has 1 aromatic heterocycles. The Labute approximate surface area is 119 Å². The highest BCUT2D eigenvalue weighted by molar-refractivity contribution is 6.07. The minimum absolute atomic E-state index is 0.0641. The van der Waals surface area contributed by atoms with Gasteiger partial charge in [0.25, 0.3) is 0 Å². The second kappa shape index (κ2) is 5.28. The van der Waals surface area contributed by atoms with Gasteiger partial charge in [0.1, 0.15) is 17.3 Å². The third-order valence-corrected chi connectivity index (χ3v) is 2.97. The van der Waals surface area contributed by atoms with Crippen LogP contribution in [0.15, 0.2) is 60.8 Å². The molecule has 0 unspecified atom stereocenters. The fourth-order valence-electron chi connectivity index (χ4n) is 2.00. The number of halogens is 2. The Hall–Kier alpha value is -2.82. The van der Waals surface area contributed by atoms with Gasteiger partial charge in [-0.2, -0.15) is 5.10 Å². The minimum atomic E-state index is -0.791. The van der Waals surface area contributed by atoms with Crippen molar-refractivity contribution in [2.24, 2.45) is 0 Å². The second-order valence-corrected chi connectivity index (χ2v) is 4.47. The van der Waals surface area contributed by atoms with Gasteiger partial charge in [-0.3, -0.25) is 4.79 Å². The van der Waals surface area contributed by atoms with Crippen LogP contribution in [0.1, 0.15) is 16.1 Å². The molecule has 0 amide bonds. The van der Waals surface area contributed by atoms with Crippen LogP contribution >= 0.6 is 0 Å². The molecule has 5 heteroatoms. The van der Waals surface area contributed by atoms with Gasteiger partial charge in [0.2, 0.25) is 5.78 Å². The number of hydrogen-bond acceptors (Lipinski definition) is 2. The smallest absolute Gasteiger partial charge is 0.213 e. The Morgan fingerprint density at radius 2 is 1.62 bits per heavy atom. The molecule has 0 spiro atoms. The van der Waals surface area contributed by atoms with Crippen LogP contribution in [0.5, 0.6) is 0 Å². The lowest BCUT2D eigenvalue weighted by atomic mass is 10.1. The fraction of sp³-hybridized carbons (Fsp3) is 0. The van der Waals surface area contributed by atoms with E-state index in [4.69, 9.17) is 0 Å². The first kappa shape index (κ1) is 13.2. The van der Waals surface area contributed by atoms with E-state index in [1.807, 2.05) is 30.3 Å². The zero-order chi connectivity index (χ0) is 14.8. The minimum Gasteiger partial charge on any atom is -0.287 e. The molecule has 104 valence electrons. The van der Waals surface area contributed by atoms with Gasteiger partial charge < -0.3 is 0 Å². The van der Waals surface area contributed by atoms with Crippen LogP contribution in [0.3, 0.4) is 0 Å². The Bertz CT molecular complexity index is 777. The molecular weight excluding hydrogens is 274 g/mol. The number of aromatic nitrogens is 2. The molecule has 0 N–H and O–H groups in total. The van der Waals surface area contributed by atoms with Crippen LogP contribution in [0.4, 0.5) is 8.78 Å². The van der Waals surface area contributed by atoms with E-state index in [1.54, 1.807) is 6.20 Å². The molecule has 0 aliphatic rings. The number of carbonyl (C=O) groups is 1. The lowest BCUT2D eigenvalue weighted by Crippen LogP contribution is -2.05. The average molecular weight is 284 g/mol. The van der Waals surface area contributed by atoms with Crippen molar-refractivity contribution in [2.45, 2.75) is 0 Å². The molecular formula is C16H10F2N2O. The predicted molar refractivity (Wildman–Crippen MR) is 73.4 cm³/mol. The lowest BCUT2D eigenvalue weighted by molar-refractivity contribution is 0.103. The predicted octanol–water partition coefficient (Wildman–Crippen LogP) is 3.38. The molecule has 0 aliphatic carbocycles. The standard InChI is InChI=1S/C16H10F2N2O/c17-12-8-11(9-13(18)10-12)16(21)15-6-7-20(19-15)14-4-2-1-3-5-14/h1-10H. The third kappa shape index (κ3) is 2.72. The lowest BCUT2D eigenvalue weighted by Gasteiger charge is -2.01. The summed E-state index contributed by atoms with van der Waals surface area (Å²) in [5.74, 6) is -2.11. The molecule has 2 aromatic carbocycles. The SMILES string of the molecule is O=C(c1cc(F)cc(F)c1)c1ccn(-c2ccccc2)n1. The van der Waals surface area contributed by atoms with Crippen LogP contribution in [0.2, 0.25) is 0 Å². The maximum Gasteiger partial charge on any atom is 0.213 e. The molecule has 3 aromatic rings. The van der Waals surface area contributed by atoms with Crippen molar-refractivity contribution in [3.63, 3.8) is 0 Å². The third-order valence-electron chi connectivity index (χ3n) is 2.97. The van der Waals surface area contributed by atoms with Gasteiger partial charge in [-0.1, -0.05) is 18.2 Å². The molecule has 0 radical (unpaired) electrons. The van der Waals surface area contributed by atoms with E-state index in [2.05, 4.69) is 5.10 Å². The summed E-state index contributed by atoms with van der Waals surface area (Å²) in [5.41, 5.74) is 0.858. The van der Waals surface area contributed by atoms with E-state index in [-0.39, 0.29) is 11.3 Å². The van der Waals surface area contributed by atoms with Gasteiger partial charge in [-0.15, -0.1) is 0 Å². The largest absolute Gasteiger partial charge is 0.287 e. The number of benzene rings is 2. The molecule has 0 fully saturated rings. The summed E-state index contributed by atoms with van der Waals surface area (Å²) >= 11 is 0. The number of para-hydroxylation sites is 1. The number of hydrogen-bond donors (Lipinski definition) is 0. The number of nitrogens with zero attached hydrogens (tertiary/aromatic N) is 2. The van der Waals surface area contributed by atoms with Crippen LogP contribution < -0.4 is 0 Å². The second-order valence-electron chi connectivity index (χ2n) is 4.47. The van der Waals surface area contributed by atoms with Crippen LogP contribution in [0, 0.1) is 11.6 Å². The van der Waals surface area contributed by atoms with Gasteiger partial charge in [-0.05, 0) is 30.3 Å². The van der Waals surface area contributed by atoms with Crippen molar-refractivity contribution < 1.29 is 13.6 Å². The topological polar surface area (TPSA) is 34.9 Å². The zero-order valence-corrected chi connectivity index (χ0v) is 10.8. The van der Waals surface area contributed by atoms with Crippen LogP contribution in [0.25, 0.3) is 5.69 Å². The maximum absolute atomic E-state index is 13.2. The molecule has 21 heavy (non-hydrogen) atoms. The maximum atomic E-state index is 13.2. The monoisotopic (exact) mass is 284 g/mol. The summed E-state index contributed by atoms with van der Waals surface area (Å²) in [7, 11) is 0. The van der Waals surface area contributed by atoms with Crippen molar-refractivity contribution in [2.75, 3.05) is 0 Å². The van der Waals surface area contributed by atoms with E-state index in [0.717, 1.165) is 23.9 Å². The van der Waals surface area contributed by atoms with Gasteiger partial charge in [0.05, 0.1) is 5.69 Å². The van der Waals surface area contributed by atoms with Crippen LogP contribution in [-0.2, 0) is 0 Å². The molecule has 0 saturated carbocycles. The Morgan fingerprint density at radius 1 is 0.952 bits per heavy atom. The van der Waals surface area contributed by atoms with Crippen molar-refractivity contribution in [1.82, 2.24) is 9.78 Å². The van der Waals surface area contributed by atoms with Crippen LogP contribution in [-0.4, -0.2) is 15.6 Å². The zero-order valence-electron chi connectivity index (χ0n) is 10.8. The highest BCUT2D eigenvalue weighted by atomic mass is 19.1. The first-order valence-corrected chi connectivity index (χ1v) is 6.25. The van der Waals surface area contributed by atoms with Gasteiger partial charge in [0.15, 0.2) is 0 Å². The summed E-state index contributed by atoms with van der Waals surface area (Å²) in [6.45, 7) is 0. The number of rotatable bonds is 3. The Kier molecular flexibility index (Phi) is 3.31. The summed E-state index contributed by atoms with van der Waals surface area (Å²) < 4.78 is 27.8. The summed E-state index contributed by atoms with van der Waals surface area (Å²) in [4.78, 5) is 12.2. The van der Waals surface area contributed by atoms with Crippen molar-refractivity contribution in [1.29, 1.82) is 0 Å². The van der Waals surface area contributed by atoms with E-state index in [1.165, 1.54) is 10.7 Å². The van der Waals surface area contributed by atoms with E-state index >= 15 is 0 Å². The van der Waals surface area contributed by atoms with Crippen molar-refractivity contribution >= 4 is 5.78 Å². The molecule has 3 nitrogen and oxygen atoms in total. The molecule has 0 aliphatic heterocycles. The summed E-state index contributed by atoms with van der Waals surface area (Å²) in [5, 5.41) is 4.14. The highest BCUT2D eigenvalue weighted by Crippen LogP contribution is 2.14.